The van der Waals surface area contributed by atoms with Gasteiger partial charge in [-0.25, -0.2) is 0 Å². The van der Waals surface area contributed by atoms with Gasteiger partial charge in [-0.3, -0.25) is 0 Å². The lowest BCUT2D eigenvalue weighted by Gasteiger charge is -2.27. The number of benzene rings is 2. The van der Waals surface area contributed by atoms with Crippen molar-refractivity contribution in [3.05, 3.63) is 59.7 Å². The van der Waals surface area contributed by atoms with Gasteiger partial charge in [-0.2, -0.15) is 0 Å². The molecule has 0 saturated carbocycles. The summed E-state index contributed by atoms with van der Waals surface area (Å²) in [6.07, 6.45) is 43.4. The van der Waals surface area contributed by atoms with Gasteiger partial charge >= 0.3 is 0 Å². The van der Waals surface area contributed by atoms with Gasteiger partial charge in [0, 0.05) is 30.9 Å². The first-order valence-corrected chi connectivity index (χ1v) is 25.0. The normalized spacial score (nSPS) is 11.3. The first kappa shape index (κ1) is 51.0. The molecule has 0 radical (unpaired) electrons. The summed E-state index contributed by atoms with van der Waals surface area (Å²) in [5, 5.41) is 21.2. The van der Waals surface area contributed by atoms with E-state index in [1.54, 1.807) is 0 Å². The molecule has 0 fully saturated rings. The topological polar surface area (TPSA) is 46.9 Å². The Bertz CT molecular complexity index is 1170. The third-order valence-electron chi connectivity index (χ3n) is 11.9. The smallest absolute Gasteiger partial charge is 0.261 e. The van der Waals surface area contributed by atoms with E-state index >= 15 is 0 Å². The van der Waals surface area contributed by atoms with E-state index in [4.69, 9.17) is 24.4 Å². The summed E-state index contributed by atoms with van der Waals surface area (Å²) in [6.45, 7) is 5.99. The van der Waals surface area contributed by atoms with Crippen LogP contribution >= 0.6 is 24.4 Å². The Hall–Kier alpha value is -2.18. The number of rotatable bonds is 38. The third-order valence-corrected chi connectivity index (χ3v) is 12.3. The van der Waals surface area contributed by atoms with E-state index in [1.165, 1.54) is 180 Å². The average Bonchev–Trinajstić information content (AvgIpc) is 3.21. The fourth-order valence-electron chi connectivity index (χ4n) is 8.33. The molecule has 0 bridgehead atoms. The van der Waals surface area contributed by atoms with Gasteiger partial charge in [0.05, 0.1) is 0 Å². The Morgan fingerprint density at radius 3 is 0.842 bits per heavy atom. The highest BCUT2D eigenvalue weighted by molar-refractivity contribution is 7.80. The second-order valence-electron chi connectivity index (χ2n) is 16.9. The molecule has 0 unspecified atom stereocenters. The van der Waals surface area contributed by atoms with Crippen molar-refractivity contribution in [3.63, 3.8) is 0 Å². The third kappa shape index (κ3) is 25.1. The van der Waals surface area contributed by atoms with Crippen LogP contribution in [0.4, 0.5) is 11.4 Å². The van der Waals surface area contributed by atoms with Gasteiger partial charge in [-0.15, -0.1) is 0 Å². The summed E-state index contributed by atoms with van der Waals surface area (Å²) < 4.78 is 0. The average molecular weight is 823 g/mol. The van der Waals surface area contributed by atoms with Crippen LogP contribution in [0.2, 0.25) is 0 Å². The molecule has 6 heteroatoms. The number of hydrogen-bond donors (Lipinski definition) is 2. The van der Waals surface area contributed by atoms with Gasteiger partial charge in [-0.1, -0.05) is 243 Å². The molecule has 0 amide bonds. The van der Waals surface area contributed by atoms with E-state index in [-0.39, 0.29) is 10.3 Å². The fraction of sp³-hybridized carbons (Fsp3) is 0.725. The first-order valence-electron chi connectivity index (χ1n) is 24.2. The maximum absolute atomic E-state index is 10.7. The lowest BCUT2D eigenvalue weighted by molar-refractivity contribution is 0.525. The maximum Gasteiger partial charge on any atom is 0.261 e. The molecule has 0 aromatic heterocycles. The Kier molecular flexibility index (Phi) is 32.0. The highest BCUT2D eigenvalue weighted by atomic mass is 32.1. The lowest BCUT2D eigenvalue weighted by Crippen LogP contribution is -2.32. The number of thiocarbonyl (C=S) groups is 2. The minimum atomic E-state index is -0.0710. The van der Waals surface area contributed by atoms with Crippen LogP contribution in [0.25, 0.3) is 0 Å². The molecule has 2 rings (SSSR count). The number of aliphatic hydroxyl groups is 2. The standard InChI is InChI=1S/C51H86N2O2S2/c1-3-5-7-9-11-13-15-17-19-21-23-25-27-29-31-37-43-52(50(54)56)48-41-35-33-39-46(48)45-47-40-34-36-42-49(47)53(51(55)57)44-38-32-30-28-26-24-22-20-18-16-14-12-10-8-6-4-2/h33-36,39-42H,3-32,37-38,43-45H2,1-2H3,(H,54,56)(H,55,57). The molecule has 57 heavy (non-hydrogen) atoms. The van der Waals surface area contributed by atoms with Gasteiger partial charge in [-0.05, 0) is 60.5 Å². The van der Waals surface area contributed by atoms with E-state index in [2.05, 4.69) is 50.2 Å². The van der Waals surface area contributed by atoms with E-state index in [0.29, 0.717) is 19.5 Å². The van der Waals surface area contributed by atoms with Gasteiger partial charge in [0.15, 0.2) is 0 Å². The zero-order valence-corrected chi connectivity index (χ0v) is 38.6. The summed E-state index contributed by atoms with van der Waals surface area (Å²) in [5.74, 6) is 0. The van der Waals surface area contributed by atoms with Crippen LogP contribution in [0.3, 0.4) is 0 Å². The number of unbranched alkanes of at least 4 members (excludes halogenated alkanes) is 30. The molecule has 324 valence electrons. The second-order valence-corrected chi connectivity index (χ2v) is 17.6. The van der Waals surface area contributed by atoms with E-state index in [1.807, 2.05) is 21.9 Å². The van der Waals surface area contributed by atoms with Crippen LogP contribution in [-0.4, -0.2) is 33.7 Å². The summed E-state index contributed by atoms with van der Waals surface area (Å²) in [5.41, 5.74) is 4.11. The summed E-state index contributed by atoms with van der Waals surface area (Å²) >= 11 is 10.8. The van der Waals surface area contributed by atoms with Crippen LogP contribution in [-0.2, 0) is 6.42 Å². The van der Waals surface area contributed by atoms with Crippen LogP contribution in [0.5, 0.6) is 0 Å². The molecule has 0 atom stereocenters. The van der Waals surface area contributed by atoms with Crippen molar-refractivity contribution in [2.24, 2.45) is 0 Å². The number of anilines is 2. The van der Waals surface area contributed by atoms with Crippen LogP contribution in [0.15, 0.2) is 48.5 Å². The number of hydrogen-bond acceptors (Lipinski definition) is 2. The molecular formula is C51H86N2O2S2. The number of nitrogens with zero attached hydrogens (tertiary/aromatic N) is 2. The predicted molar refractivity (Wildman–Crippen MR) is 260 cm³/mol. The van der Waals surface area contributed by atoms with E-state index in [9.17, 15) is 10.2 Å². The van der Waals surface area contributed by atoms with E-state index in [0.717, 1.165) is 48.2 Å². The minimum Gasteiger partial charge on any atom is -0.486 e. The number of aliphatic hydroxyl groups excluding tert-OH is 2. The van der Waals surface area contributed by atoms with Crippen molar-refractivity contribution in [2.75, 3.05) is 22.9 Å². The predicted octanol–water partition coefficient (Wildman–Crippen LogP) is 17.1. The van der Waals surface area contributed by atoms with Crippen molar-refractivity contribution in [1.29, 1.82) is 0 Å². The van der Waals surface area contributed by atoms with Gasteiger partial charge < -0.3 is 20.0 Å². The molecule has 0 aliphatic carbocycles. The van der Waals surface area contributed by atoms with Crippen molar-refractivity contribution >= 4 is 46.2 Å². The Balaban J connectivity index is 1.73. The lowest BCUT2D eigenvalue weighted by atomic mass is 10.00. The van der Waals surface area contributed by atoms with Crippen LogP contribution in [0.1, 0.15) is 230 Å². The molecule has 0 aliphatic heterocycles. The van der Waals surface area contributed by atoms with E-state index < -0.39 is 0 Å². The minimum absolute atomic E-state index is 0.0710. The second kappa shape index (κ2) is 35.7. The molecule has 0 aliphatic rings. The van der Waals surface area contributed by atoms with Crippen molar-refractivity contribution in [3.8, 4) is 0 Å². The number of para-hydroxylation sites is 2. The van der Waals surface area contributed by atoms with Crippen molar-refractivity contribution in [1.82, 2.24) is 0 Å². The summed E-state index contributed by atoms with van der Waals surface area (Å²) in [4.78, 5) is 3.81. The molecular weight excluding hydrogens is 737 g/mol. The van der Waals surface area contributed by atoms with Gasteiger partial charge in [0.2, 0.25) is 0 Å². The molecule has 2 aromatic carbocycles. The van der Waals surface area contributed by atoms with Gasteiger partial charge in [0.25, 0.3) is 10.3 Å². The quantitative estimate of drug-likeness (QED) is 0.0520. The zero-order valence-electron chi connectivity index (χ0n) is 37.0. The van der Waals surface area contributed by atoms with Crippen LogP contribution < -0.4 is 9.80 Å². The maximum atomic E-state index is 10.7. The SMILES string of the molecule is CCCCCCCCCCCCCCCCCCN(C(O)=S)c1ccccc1Cc1ccccc1N(CCCCCCCCCCCCCCCCCC)C(O)=S. The van der Waals surface area contributed by atoms with Crippen LogP contribution in [0, 0.1) is 0 Å². The first-order chi connectivity index (χ1) is 28.0. The highest BCUT2D eigenvalue weighted by Gasteiger charge is 2.19. The Labute approximate surface area is 363 Å². The molecule has 4 nitrogen and oxygen atoms in total. The highest BCUT2D eigenvalue weighted by Crippen LogP contribution is 2.30. The van der Waals surface area contributed by atoms with Gasteiger partial charge in [0.1, 0.15) is 0 Å². The monoisotopic (exact) mass is 823 g/mol. The largest absolute Gasteiger partial charge is 0.486 e. The molecule has 0 heterocycles. The van der Waals surface area contributed by atoms with Crippen molar-refractivity contribution in [2.45, 2.75) is 226 Å². The summed E-state index contributed by atoms with van der Waals surface area (Å²) in [7, 11) is 0. The fourth-order valence-corrected chi connectivity index (χ4v) is 8.71. The molecule has 0 spiro atoms. The molecule has 2 aromatic rings. The Morgan fingerprint density at radius 1 is 0.368 bits per heavy atom. The molecule has 2 N–H and O–H groups in total. The summed E-state index contributed by atoms with van der Waals surface area (Å²) in [6, 6.07) is 16.5. The zero-order chi connectivity index (χ0) is 41.0. The Morgan fingerprint density at radius 2 is 0.596 bits per heavy atom. The van der Waals surface area contributed by atoms with Crippen molar-refractivity contribution < 1.29 is 10.2 Å². The molecule has 0 saturated heterocycles.